The summed E-state index contributed by atoms with van der Waals surface area (Å²) in [7, 11) is 1.99. The summed E-state index contributed by atoms with van der Waals surface area (Å²) in [5.41, 5.74) is 7.27. The van der Waals surface area contributed by atoms with E-state index in [1.807, 2.05) is 40.0 Å². The molecule has 0 aliphatic heterocycles. The van der Waals surface area contributed by atoms with E-state index in [1.165, 1.54) is 11.1 Å². The molecule has 0 fully saturated rings. The average molecular weight is 432 g/mol. The SMILES string of the molecule is CCNC(=NCC(C)(C)C(N)=O)N(C)Cc1ccccc1C.I. The van der Waals surface area contributed by atoms with Crippen molar-refractivity contribution in [1.29, 1.82) is 0 Å². The number of halogens is 1. The first-order valence-corrected chi connectivity index (χ1v) is 7.61. The smallest absolute Gasteiger partial charge is 0.224 e. The molecule has 0 bridgehead atoms. The molecule has 130 valence electrons. The largest absolute Gasteiger partial charge is 0.369 e. The van der Waals surface area contributed by atoms with Gasteiger partial charge in [0, 0.05) is 20.1 Å². The Balaban J connectivity index is 0.00000484. The molecular formula is C17H29IN4O. The van der Waals surface area contributed by atoms with Gasteiger partial charge in [-0.15, -0.1) is 24.0 Å². The first kappa shape index (κ1) is 21.7. The number of nitrogens with zero attached hydrogens (tertiary/aromatic N) is 2. The van der Waals surface area contributed by atoms with Crippen LogP contribution < -0.4 is 11.1 Å². The molecule has 5 nitrogen and oxygen atoms in total. The zero-order valence-electron chi connectivity index (χ0n) is 14.7. The van der Waals surface area contributed by atoms with Gasteiger partial charge in [0.15, 0.2) is 5.96 Å². The molecule has 0 radical (unpaired) electrons. The third-order valence-corrected chi connectivity index (χ3v) is 3.66. The van der Waals surface area contributed by atoms with Crippen molar-refractivity contribution in [3.8, 4) is 0 Å². The lowest BCUT2D eigenvalue weighted by Crippen LogP contribution is -2.41. The van der Waals surface area contributed by atoms with Crippen molar-refractivity contribution < 1.29 is 4.79 Å². The third-order valence-electron chi connectivity index (χ3n) is 3.66. The molecule has 0 unspecified atom stereocenters. The molecule has 23 heavy (non-hydrogen) atoms. The van der Waals surface area contributed by atoms with Crippen LogP contribution in [0.1, 0.15) is 31.9 Å². The van der Waals surface area contributed by atoms with Gasteiger partial charge >= 0.3 is 0 Å². The Bertz CT molecular complexity index is 543. The Morgan fingerprint density at radius 3 is 2.48 bits per heavy atom. The number of carbonyl (C=O) groups excluding carboxylic acids is 1. The second-order valence-corrected chi connectivity index (χ2v) is 6.20. The van der Waals surface area contributed by atoms with Gasteiger partial charge in [-0.3, -0.25) is 9.79 Å². The number of guanidine groups is 1. The lowest BCUT2D eigenvalue weighted by atomic mass is 9.93. The fourth-order valence-corrected chi connectivity index (χ4v) is 1.94. The van der Waals surface area contributed by atoms with Crippen LogP contribution >= 0.6 is 24.0 Å². The predicted octanol–water partition coefficient (Wildman–Crippen LogP) is 2.52. The fourth-order valence-electron chi connectivity index (χ4n) is 1.94. The maximum Gasteiger partial charge on any atom is 0.224 e. The topological polar surface area (TPSA) is 70.7 Å². The summed E-state index contributed by atoms with van der Waals surface area (Å²) in [6.45, 7) is 9.64. The Labute approximate surface area is 156 Å². The molecule has 0 aliphatic rings. The van der Waals surface area contributed by atoms with E-state index in [9.17, 15) is 4.79 Å². The molecule has 0 spiro atoms. The highest BCUT2D eigenvalue weighted by Crippen LogP contribution is 2.15. The molecule has 1 aromatic rings. The number of carbonyl (C=O) groups is 1. The summed E-state index contributed by atoms with van der Waals surface area (Å²) >= 11 is 0. The first-order chi connectivity index (χ1) is 10.3. The monoisotopic (exact) mass is 432 g/mol. The van der Waals surface area contributed by atoms with E-state index in [-0.39, 0.29) is 29.9 Å². The Morgan fingerprint density at radius 2 is 1.96 bits per heavy atom. The standard InChI is InChI=1S/C17H28N4O.HI/c1-6-19-16(20-12-17(3,4)15(18)22)21(5)11-14-10-8-7-9-13(14)2;/h7-10H,6,11-12H2,1-5H3,(H2,18,22)(H,19,20);1H. The van der Waals surface area contributed by atoms with Crippen molar-refractivity contribution in [2.45, 2.75) is 34.2 Å². The van der Waals surface area contributed by atoms with E-state index in [2.05, 4.69) is 34.3 Å². The molecule has 1 amide bonds. The van der Waals surface area contributed by atoms with Crippen LogP contribution in [0.25, 0.3) is 0 Å². The Kier molecular flexibility index (Phi) is 9.19. The number of hydrogen-bond donors (Lipinski definition) is 2. The second kappa shape index (κ2) is 9.75. The highest BCUT2D eigenvalue weighted by Gasteiger charge is 2.25. The van der Waals surface area contributed by atoms with Crippen molar-refractivity contribution in [2.75, 3.05) is 20.1 Å². The summed E-state index contributed by atoms with van der Waals surface area (Å²) < 4.78 is 0. The van der Waals surface area contributed by atoms with E-state index in [0.717, 1.165) is 19.0 Å². The summed E-state index contributed by atoms with van der Waals surface area (Å²) in [6.07, 6.45) is 0. The van der Waals surface area contributed by atoms with Gasteiger partial charge < -0.3 is 16.0 Å². The zero-order valence-corrected chi connectivity index (χ0v) is 17.0. The molecule has 0 atom stereocenters. The third kappa shape index (κ3) is 6.76. The van der Waals surface area contributed by atoms with Crippen molar-refractivity contribution >= 4 is 35.8 Å². The number of nitrogens with one attached hydrogen (secondary N) is 1. The van der Waals surface area contributed by atoms with Crippen molar-refractivity contribution in [2.24, 2.45) is 16.1 Å². The number of benzene rings is 1. The summed E-state index contributed by atoms with van der Waals surface area (Å²) in [5, 5.41) is 3.26. The number of aryl methyl sites for hydroxylation is 1. The quantitative estimate of drug-likeness (QED) is 0.412. The number of primary amides is 1. The highest BCUT2D eigenvalue weighted by molar-refractivity contribution is 14.0. The predicted molar refractivity (Wildman–Crippen MR) is 107 cm³/mol. The lowest BCUT2D eigenvalue weighted by Gasteiger charge is -2.25. The number of hydrogen-bond acceptors (Lipinski definition) is 2. The van der Waals surface area contributed by atoms with Gasteiger partial charge in [-0.05, 0) is 38.8 Å². The van der Waals surface area contributed by atoms with Crippen LogP contribution in [0.3, 0.4) is 0 Å². The van der Waals surface area contributed by atoms with E-state index >= 15 is 0 Å². The fraction of sp³-hybridized carbons (Fsp3) is 0.529. The van der Waals surface area contributed by atoms with Crippen LogP contribution in [-0.2, 0) is 11.3 Å². The van der Waals surface area contributed by atoms with Crippen LogP contribution in [0.2, 0.25) is 0 Å². The first-order valence-electron chi connectivity index (χ1n) is 7.61. The highest BCUT2D eigenvalue weighted by atomic mass is 127. The van der Waals surface area contributed by atoms with Gasteiger partial charge in [0.05, 0.1) is 12.0 Å². The van der Waals surface area contributed by atoms with Crippen LogP contribution in [0, 0.1) is 12.3 Å². The Morgan fingerprint density at radius 1 is 1.35 bits per heavy atom. The Hall–Kier alpha value is -1.31. The van der Waals surface area contributed by atoms with Gasteiger partial charge in [-0.1, -0.05) is 24.3 Å². The van der Waals surface area contributed by atoms with Gasteiger partial charge in [0.1, 0.15) is 0 Å². The van der Waals surface area contributed by atoms with E-state index < -0.39 is 5.41 Å². The molecule has 0 saturated heterocycles. The van der Waals surface area contributed by atoms with Crippen LogP contribution in [0.15, 0.2) is 29.3 Å². The summed E-state index contributed by atoms with van der Waals surface area (Å²) in [5.74, 6) is 0.439. The molecule has 0 saturated carbocycles. The minimum Gasteiger partial charge on any atom is -0.369 e. The molecule has 0 heterocycles. The average Bonchev–Trinajstić information content (AvgIpc) is 2.45. The van der Waals surface area contributed by atoms with E-state index in [4.69, 9.17) is 5.73 Å². The molecule has 3 N–H and O–H groups in total. The zero-order chi connectivity index (χ0) is 16.8. The normalized spacial score (nSPS) is 11.6. The minimum absolute atomic E-state index is 0. The number of aliphatic imine (C=N–C) groups is 1. The van der Waals surface area contributed by atoms with Crippen LogP contribution in [0.5, 0.6) is 0 Å². The van der Waals surface area contributed by atoms with Crippen molar-refractivity contribution in [3.05, 3.63) is 35.4 Å². The molecule has 1 aromatic carbocycles. The maximum atomic E-state index is 11.4. The molecule has 0 aromatic heterocycles. The van der Waals surface area contributed by atoms with Crippen LogP contribution in [-0.4, -0.2) is 36.9 Å². The number of amides is 1. The molecule has 0 aliphatic carbocycles. The molecular weight excluding hydrogens is 403 g/mol. The van der Waals surface area contributed by atoms with Crippen molar-refractivity contribution in [3.63, 3.8) is 0 Å². The van der Waals surface area contributed by atoms with Gasteiger partial charge in [-0.2, -0.15) is 0 Å². The van der Waals surface area contributed by atoms with Crippen molar-refractivity contribution in [1.82, 2.24) is 10.2 Å². The van der Waals surface area contributed by atoms with Gasteiger partial charge in [-0.25, -0.2) is 0 Å². The van der Waals surface area contributed by atoms with E-state index in [1.54, 1.807) is 0 Å². The summed E-state index contributed by atoms with van der Waals surface area (Å²) in [6, 6.07) is 8.29. The maximum absolute atomic E-state index is 11.4. The van der Waals surface area contributed by atoms with Crippen LogP contribution in [0.4, 0.5) is 0 Å². The molecule has 6 heteroatoms. The van der Waals surface area contributed by atoms with Gasteiger partial charge in [0.2, 0.25) is 5.91 Å². The number of rotatable bonds is 6. The molecule has 1 rings (SSSR count). The summed E-state index contributed by atoms with van der Waals surface area (Å²) in [4.78, 5) is 18.0. The second-order valence-electron chi connectivity index (χ2n) is 6.20. The lowest BCUT2D eigenvalue weighted by molar-refractivity contribution is -0.125. The van der Waals surface area contributed by atoms with E-state index in [0.29, 0.717) is 6.54 Å². The minimum atomic E-state index is -0.649. The van der Waals surface area contributed by atoms with Gasteiger partial charge in [0.25, 0.3) is 0 Å². The number of nitrogens with two attached hydrogens (primary N) is 1.